The largest absolute Gasteiger partial charge is 0.350 e. The fourth-order valence-corrected chi connectivity index (χ4v) is 6.52. The zero-order chi connectivity index (χ0) is 39.8. The van der Waals surface area contributed by atoms with Crippen LogP contribution in [0.1, 0.15) is 35.1 Å². The minimum absolute atomic E-state index is 0.0169. The van der Waals surface area contributed by atoms with Crippen molar-refractivity contribution in [1.29, 1.82) is 5.41 Å². The summed E-state index contributed by atoms with van der Waals surface area (Å²) in [4.78, 5) is 55.2. The Hall–Kier alpha value is -5.20. The molecule has 3 aromatic rings. The van der Waals surface area contributed by atoms with Gasteiger partial charge in [0.1, 0.15) is 6.04 Å². The van der Waals surface area contributed by atoms with Gasteiger partial charge in [0.25, 0.3) is 0 Å². The van der Waals surface area contributed by atoms with Gasteiger partial charge >= 0.3 is 10.2 Å². The van der Waals surface area contributed by atoms with Crippen LogP contribution in [0, 0.1) is 12.3 Å². The summed E-state index contributed by atoms with van der Waals surface area (Å²) in [7, 11) is -3.08. The number of rotatable bonds is 20. The molecule has 0 radical (unpaired) electrons. The summed E-state index contributed by atoms with van der Waals surface area (Å²) < 4.78 is 28.4. The first-order valence-corrected chi connectivity index (χ1v) is 19.6. The highest BCUT2D eigenvalue weighted by Crippen LogP contribution is 2.14. The number of nitrogens with two attached hydrogens (primary N) is 1. The van der Waals surface area contributed by atoms with Crippen molar-refractivity contribution in [1.82, 2.24) is 29.5 Å². The molecule has 1 fully saturated rings. The second kappa shape index (κ2) is 21.0. The highest BCUT2D eigenvalue weighted by atomic mass is 32.2. The third-order valence-electron chi connectivity index (χ3n) is 9.13. The second-order valence-electron chi connectivity index (χ2n) is 13.4. The summed E-state index contributed by atoms with van der Waals surface area (Å²) >= 11 is 0. The van der Waals surface area contributed by atoms with Crippen molar-refractivity contribution in [2.45, 2.75) is 45.3 Å². The predicted octanol–water partition coefficient (Wildman–Crippen LogP) is 1.15. The van der Waals surface area contributed by atoms with Crippen LogP contribution in [-0.2, 0) is 48.9 Å². The van der Waals surface area contributed by atoms with Gasteiger partial charge < -0.3 is 36.8 Å². The first-order chi connectivity index (χ1) is 26.3. The van der Waals surface area contributed by atoms with Crippen molar-refractivity contribution in [2.75, 3.05) is 63.5 Å². The number of nitrogens with one attached hydrogen (secondary N) is 6. The van der Waals surface area contributed by atoms with Gasteiger partial charge in [-0.3, -0.25) is 28.9 Å². The van der Waals surface area contributed by atoms with Gasteiger partial charge in [0.05, 0.1) is 12.9 Å². The molecule has 296 valence electrons. The van der Waals surface area contributed by atoms with E-state index in [1.807, 2.05) is 55.5 Å². The quantitative estimate of drug-likeness (QED) is 0.0645. The van der Waals surface area contributed by atoms with E-state index < -0.39 is 28.1 Å². The van der Waals surface area contributed by atoms with Crippen LogP contribution in [0.4, 0.5) is 11.4 Å². The van der Waals surface area contributed by atoms with E-state index in [0.29, 0.717) is 54.4 Å². The summed E-state index contributed by atoms with van der Waals surface area (Å²) in [5, 5.41) is 18.3. The number of nitrogens with zero attached hydrogens (tertiary/aromatic N) is 3. The molecule has 1 aliphatic heterocycles. The number of benzene rings is 3. The number of piperazine rings is 1. The van der Waals surface area contributed by atoms with Gasteiger partial charge in [-0.1, -0.05) is 54.1 Å². The Bertz CT molecular complexity index is 1850. The van der Waals surface area contributed by atoms with Crippen LogP contribution < -0.4 is 31.7 Å². The predicted molar refractivity (Wildman–Crippen MR) is 212 cm³/mol. The van der Waals surface area contributed by atoms with E-state index in [0.717, 1.165) is 55.6 Å². The maximum absolute atomic E-state index is 13.2. The summed E-state index contributed by atoms with van der Waals surface area (Å²) in [5.41, 5.74) is 10.5. The first-order valence-electron chi connectivity index (χ1n) is 18.1. The standard InChI is InChI=1S/C38H52N10O6S/c1-28-3-11-32(12-4-28)43-35(49)15-17-47-19-21-48(22-20-47)18-16-36(50)44-33-13-9-29(10-14-33)23-34(45-55(53,54)46(2)27-40)38(52)42-26-37(51)41-25-31-7-5-30(24-39)6-8-31/h3-14,27,34,40,45H,15-26,39H2,1-2H3,(H,41,51)(H,42,52)(H,43,49)(H,44,50)/t34-/m1/s1. The second-order valence-corrected chi connectivity index (χ2v) is 15.1. The molecular weight excluding hydrogens is 725 g/mol. The van der Waals surface area contributed by atoms with Crippen molar-refractivity contribution >= 4 is 51.6 Å². The van der Waals surface area contributed by atoms with Crippen LogP contribution in [0.25, 0.3) is 0 Å². The zero-order valence-corrected chi connectivity index (χ0v) is 32.2. The van der Waals surface area contributed by atoms with E-state index in [2.05, 4.69) is 35.8 Å². The van der Waals surface area contributed by atoms with Gasteiger partial charge in [0, 0.05) is 83.6 Å². The van der Waals surface area contributed by atoms with Crippen LogP contribution in [0.2, 0.25) is 0 Å². The molecule has 0 aliphatic carbocycles. The number of carbonyl (C=O) groups is 4. The molecule has 4 amide bonds. The van der Waals surface area contributed by atoms with Crippen molar-refractivity contribution < 1.29 is 27.6 Å². The van der Waals surface area contributed by atoms with E-state index >= 15 is 0 Å². The molecular formula is C38H52N10O6S. The Kier molecular flexibility index (Phi) is 16.3. The van der Waals surface area contributed by atoms with Crippen LogP contribution in [0.15, 0.2) is 72.8 Å². The van der Waals surface area contributed by atoms with Crippen molar-refractivity contribution in [3.63, 3.8) is 0 Å². The van der Waals surface area contributed by atoms with Gasteiger partial charge in [-0.15, -0.1) is 0 Å². The van der Waals surface area contributed by atoms with Crippen LogP contribution in [0.3, 0.4) is 0 Å². The molecule has 1 heterocycles. The normalized spacial score (nSPS) is 14.0. The molecule has 0 saturated carbocycles. The molecule has 4 rings (SSSR count). The molecule has 8 N–H and O–H groups in total. The van der Waals surface area contributed by atoms with Crippen LogP contribution >= 0.6 is 0 Å². The molecule has 3 aromatic carbocycles. The number of hydrogen-bond acceptors (Lipinski definition) is 10. The molecule has 1 atom stereocenters. The first kappa shape index (κ1) is 42.5. The molecule has 0 aromatic heterocycles. The lowest BCUT2D eigenvalue weighted by atomic mass is 10.1. The molecule has 17 heteroatoms. The molecule has 0 spiro atoms. The van der Waals surface area contributed by atoms with Crippen LogP contribution in [0.5, 0.6) is 0 Å². The Labute approximate surface area is 322 Å². The van der Waals surface area contributed by atoms with Gasteiger partial charge in [0.15, 0.2) is 0 Å². The van der Waals surface area contributed by atoms with E-state index in [-0.39, 0.29) is 31.3 Å². The SMILES string of the molecule is Cc1ccc(NC(=O)CCN2CCN(CCC(=O)Nc3ccc(C[C@@H](NS(=O)(=O)N(C)C=N)C(=O)NCC(=O)NCc4ccc(CN)cc4)cc3)CC2)cc1. The Morgan fingerprint density at radius 1 is 0.764 bits per heavy atom. The van der Waals surface area contributed by atoms with E-state index in [9.17, 15) is 27.6 Å². The summed E-state index contributed by atoms with van der Waals surface area (Å²) in [6.07, 6.45) is 1.23. The van der Waals surface area contributed by atoms with E-state index in [4.69, 9.17) is 11.1 Å². The van der Waals surface area contributed by atoms with E-state index in [1.165, 1.54) is 0 Å². The maximum Gasteiger partial charge on any atom is 0.302 e. The lowest BCUT2D eigenvalue weighted by Crippen LogP contribution is -2.52. The minimum atomic E-state index is -4.24. The molecule has 1 saturated heterocycles. The number of carbonyl (C=O) groups excluding carboxylic acids is 4. The monoisotopic (exact) mass is 776 g/mol. The Morgan fingerprint density at radius 3 is 1.76 bits per heavy atom. The topological polar surface area (TPSA) is 222 Å². The van der Waals surface area contributed by atoms with Crippen molar-refractivity contribution in [3.05, 3.63) is 95.1 Å². The van der Waals surface area contributed by atoms with Gasteiger partial charge in [0.2, 0.25) is 23.6 Å². The molecule has 0 bridgehead atoms. The highest BCUT2D eigenvalue weighted by Gasteiger charge is 2.27. The highest BCUT2D eigenvalue weighted by molar-refractivity contribution is 7.87. The fourth-order valence-electron chi connectivity index (χ4n) is 5.67. The fraction of sp³-hybridized carbons (Fsp3) is 0.395. The lowest BCUT2D eigenvalue weighted by molar-refractivity contribution is -0.127. The lowest BCUT2D eigenvalue weighted by Gasteiger charge is -2.34. The number of anilines is 2. The maximum atomic E-state index is 13.2. The summed E-state index contributed by atoms with van der Waals surface area (Å²) in [6.45, 7) is 6.73. The van der Waals surface area contributed by atoms with Gasteiger partial charge in [-0.2, -0.15) is 13.1 Å². The smallest absolute Gasteiger partial charge is 0.302 e. The number of hydrogen-bond donors (Lipinski definition) is 7. The third kappa shape index (κ3) is 14.5. The van der Waals surface area contributed by atoms with Crippen molar-refractivity contribution in [3.8, 4) is 0 Å². The van der Waals surface area contributed by atoms with Crippen molar-refractivity contribution in [2.24, 2.45) is 5.73 Å². The van der Waals surface area contributed by atoms with Crippen LogP contribution in [-0.4, -0.2) is 111 Å². The Balaban J connectivity index is 1.20. The molecule has 1 aliphatic rings. The number of amides is 4. The van der Waals surface area contributed by atoms with Gasteiger partial charge in [-0.05, 0) is 54.3 Å². The Morgan fingerprint density at radius 2 is 1.25 bits per heavy atom. The summed E-state index contributed by atoms with van der Waals surface area (Å²) in [5.74, 6) is -1.37. The molecule has 55 heavy (non-hydrogen) atoms. The molecule has 0 unspecified atom stereocenters. The third-order valence-corrected chi connectivity index (χ3v) is 10.6. The minimum Gasteiger partial charge on any atom is -0.350 e. The average Bonchev–Trinajstić information content (AvgIpc) is 3.19. The van der Waals surface area contributed by atoms with Gasteiger partial charge in [-0.25, -0.2) is 0 Å². The zero-order valence-electron chi connectivity index (χ0n) is 31.3. The summed E-state index contributed by atoms with van der Waals surface area (Å²) in [6, 6.07) is 20.5. The molecule has 16 nitrogen and oxygen atoms in total. The average molecular weight is 777 g/mol. The number of aryl methyl sites for hydroxylation is 1. The van der Waals surface area contributed by atoms with E-state index in [1.54, 1.807) is 24.3 Å².